The third-order valence-corrected chi connectivity index (χ3v) is 3.71. The van der Waals surface area contributed by atoms with Crippen LogP contribution in [0.4, 0.5) is 0 Å². The molecular formula is C14H8NO2S-. The zero-order valence-corrected chi connectivity index (χ0v) is 10.1. The molecule has 0 aliphatic carbocycles. The molecular weight excluding hydrogens is 246 g/mol. The van der Waals surface area contributed by atoms with Crippen molar-refractivity contribution in [1.29, 1.82) is 0 Å². The average molecular weight is 254 g/mol. The Morgan fingerprint density at radius 3 is 2.61 bits per heavy atom. The highest BCUT2D eigenvalue weighted by Gasteiger charge is 2.06. The largest absolute Gasteiger partial charge is 0.545 e. The van der Waals surface area contributed by atoms with Gasteiger partial charge in [-0.05, 0) is 17.7 Å². The maximum Gasteiger partial charge on any atom is 0.124 e. The van der Waals surface area contributed by atoms with Crippen LogP contribution in [0.2, 0.25) is 0 Å². The molecule has 0 spiro atoms. The summed E-state index contributed by atoms with van der Waals surface area (Å²) in [5.74, 6) is -1.16. The van der Waals surface area contributed by atoms with Gasteiger partial charge in [0.15, 0.2) is 0 Å². The molecule has 1 aromatic heterocycles. The molecule has 18 heavy (non-hydrogen) atoms. The van der Waals surface area contributed by atoms with Gasteiger partial charge in [-0.1, -0.05) is 36.4 Å². The van der Waals surface area contributed by atoms with Crippen molar-refractivity contribution in [2.75, 3.05) is 0 Å². The lowest BCUT2D eigenvalue weighted by molar-refractivity contribution is -0.255. The van der Waals surface area contributed by atoms with Gasteiger partial charge in [0.05, 0.1) is 16.2 Å². The predicted molar refractivity (Wildman–Crippen MR) is 69.4 cm³/mol. The molecule has 0 radical (unpaired) electrons. The minimum atomic E-state index is -1.16. The Morgan fingerprint density at radius 2 is 1.89 bits per heavy atom. The van der Waals surface area contributed by atoms with Crippen molar-refractivity contribution in [3.63, 3.8) is 0 Å². The summed E-state index contributed by atoms with van der Waals surface area (Å²) in [7, 11) is 0. The van der Waals surface area contributed by atoms with Crippen LogP contribution in [0.1, 0.15) is 10.4 Å². The first kappa shape index (κ1) is 10.9. The predicted octanol–water partition coefficient (Wildman–Crippen LogP) is 2.33. The number of aromatic carboxylic acids is 1. The molecule has 3 nitrogen and oxygen atoms in total. The Labute approximate surface area is 107 Å². The van der Waals surface area contributed by atoms with Crippen molar-refractivity contribution in [3.8, 4) is 10.6 Å². The van der Waals surface area contributed by atoms with Gasteiger partial charge in [0, 0.05) is 5.56 Å². The van der Waals surface area contributed by atoms with Gasteiger partial charge in [0.2, 0.25) is 0 Å². The minimum absolute atomic E-state index is 0.186. The van der Waals surface area contributed by atoms with Crippen molar-refractivity contribution < 1.29 is 9.90 Å². The van der Waals surface area contributed by atoms with Crippen LogP contribution in [0, 0.1) is 0 Å². The molecule has 0 N–H and O–H groups in total. The molecule has 0 amide bonds. The highest BCUT2D eigenvalue weighted by molar-refractivity contribution is 7.21. The topological polar surface area (TPSA) is 53.0 Å². The van der Waals surface area contributed by atoms with Gasteiger partial charge in [-0.15, -0.1) is 11.3 Å². The van der Waals surface area contributed by atoms with E-state index in [1.54, 1.807) is 12.1 Å². The monoisotopic (exact) mass is 254 g/mol. The first-order valence-electron chi connectivity index (χ1n) is 5.41. The van der Waals surface area contributed by atoms with Crippen LogP contribution in [-0.2, 0) is 0 Å². The fraction of sp³-hybridized carbons (Fsp3) is 0. The van der Waals surface area contributed by atoms with E-state index in [-0.39, 0.29) is 5.56 Å². The van der Waals surface area contributed by atoms with Crippen LogP contribution in [0.25, 0.3) is 20.8 Å². The first-order chi connectivity index (χ1) is 8.74. The number of carboxylic acid groups (broad SMARTS) is 1. The number of nitrogens with zero attached hydrogens (tertiary/aromatic N) is 1. The van der Waals surface area contributed by atoms with Crippen LogP contribution >= 0.6 is 11.3 Å². The van der Waals surface area contributed by atoms with Crippen LogP contribution in [0.15, 0.2) is 48.5 Å². The molecule has 0 aliphatic rings. The Morgan fingerprint density at radius 1 is 1.11 bits per heavy atom. The molecule has 3 aromatic rings. The Bertz CT molecular complexity index is 719. The maximum absolute atomic E-state index is 10.8. The van der Waals surface area contributed by atoms with Crippen molar-refractivity contribution >= 4 is 27.5 Å². The SMILES string of the molecule is O=C([O-])c1ccc2nc(-c3ccccc3)sc2c1. The second-order valence-corrected chi connectivity index (χ2v) is 4.89. The number of carboxylic acids is 1. The lowest BCUT2D eigenvalue weighted by Crippen LogP contribution is -2.21. The van der Waals surface area contributed by atoms with Gasteiger partial charge >= 0.3 is 0 Å². The molecule has 0 saturated carbocycles. The van der Waals surface area contributed by atoms with E-state index in [9.17, 15) is 9.90 Å². The highest BCUT2D eigenvalue weighted by Crippen LogP contribution is 2.30. The summed E-state index contributed by atoms with van der Waals surface area (Å²) >= 11 is 1.48. The summed E-state index contributed by atoms with van der Waals surface area (Å²) in [5.41, 5.74) is 2.03. The van der Waals surface area contributed by atoms with Crippen LogP contribution in [0.5, 0.6) is 0 Å². The summed E-state index contributed by atoms with van der Waals surface area (Å²) in [6.07, 6.45) is 0. The number of aromatic nitrogens is 1. The van der Waals surface area contributed by atoms with Crippen LogP contribution < -0.4 is 5.11 Å². The number of carbonyl (C=O) groups excluding carboxylic acids is 1. The molecule has 0 aliphatic heterocycles. The number of hydrogen-bond acceptors (Lipinski definition) is 4. The molecule has 0 saturated heterocycles. The van der Waals surface area contributed by atoms with Crippen LogP contribution in [0.3, 0.4) is 0 Å². The van der Waals surface area contributed by atoms with E-state index < -0.39 is 5.97 Å². The number of benzene rings is 2. The second-order valence-electron chi connectivity index (χ2n) is 3.86. The molecule has 1 heterocycles. The van der Waals surface area contributed by atoms with Gasteiger partial charge < -0.3 is 9.90 Å². The number of hydrogen-bond donors (Lipinski definition) is 0. The van der Waals surface area contributed by atoms with E-state index >= 15 is 0 Å². The molecule has 88 valence electrons. The maximum atomic E-state index is 10.8. The van der Waals surface area contributed by atoms with Gasteiger partial charge in [-0.25, -0.2) is 4.98 Å². The Balaban J connectivity index is 2.14. The molecule has 0 atom stereocenters. The molecule has 0 bridgehead atoms. The van der Waals surface area contributed by atoms with Gasteiger partial charge in [-0.2, -0.15) is 0 Å². The lowest BCUT2D eigenvalue weighted by Gasteiger charge is -1.99. The smallest absolute Gasteiger partial charge is 0.124 e. The number of carbonyl (C=O) groups is 1. The van der Waals surface area contributed by atoms with E-state index in [1.165, 1.54) is 17.4 Å². The van der Waals surface area contributed by atoms with E-state index in [1.807, 2.05) is 30.3 Å². The lowest BCUT2D eigenvalue weighted by atomic mass is 10.2. The average Bonchev–Trinajstić information content (AvgIpc) is 2.82. The first-order valence-corrected chi connectivity index (χ1v) is 6.23. The molecule has 2 aromatic carbocycles. The van der Waals surface area contributed by atoms with Crippen molar-refractivity contribution in [1.82, 2.24) is 4.98 Å². The fourth-order valence-electron chi connectivity index (χ4n) is 1.76. The van der Waals surface area contributed by atoms with E-state index in [0.717, 1.165) is 20.8 Å². The highest BCUT2D eigenvalue weighted by atomic mass is 32.1. The normalized spacial score (nSPS) is 10.7. The number of fused-ring (bicyclic) bond motifs is 1. The summed E-state index contributed by atoms with van der Waals surface area (Å²) < 4.78 is 0.857. The van der Waals surface area contributed by atoms with E-state index in [0.29, 0.717) is 0 Å². The van der Waals surface area contributed by atoms with Crippen molar-refractivity contribution in [2.45, 2.75) is 0 Å². The zero-order valence-electron chi connectivity index (χ0n) is 9.29. The molecule has 0 fully saturated rings. The third kappa shape index (κ3) is 1.87. The summed E-state index contributed by atoms with van der Waals surface area (Å²) in [4.78, 5) is 15.3. The van der Waals surface area contributed by atoms with Gasteiger partial charge in [0.1, 0.15) is 5.01 Å². The van der Waals surface area contributed by atoms with Crippen molar-refractivity contribution in [2.24, 2.45) is 0 Å². The van der Waals surface area contributed by atoms with E-state index in [2.05, 4.69) is 4.98 Å². The quantitative estimate of drug-likeness (QED) is 0.705. The molecule has 4 heteroatoms. The van der Waals surface area contributed by atoms with Gasteiger partial charge in [0.25, 0.3) is 0 Å². The number of thiazole rings is 1. The van der Waals surface area contributed by atoms with E-state index in [4.69, 9.17) is 0 Å². The zero-order chi connectivity index (χ0) is 12.5. The second kappa shape index (κ2) is 4.23. The Hall–Kier alpha value is -2.20. The Kier molecular flexibility index (Phi) is 2.57. The summed E-state index contributed by atoms with van der Waals surface area (Å²) in [6, 6.07) is 14.7. The van der Waals surface area contributed by atoms with Crippen LogP contribution in [-0.4, -0.2) is 11.0 Å². The van der Waals surface area contributed by atoms with Crippen molar-refractivity contribution in [3.05, 3.63) is 54.1 Å². The summed E-state index contributed by atoms with van der Waals surface area (Å²) in [5, 5.41) is 11.7. The standard InChI is InChI=1S/C14H9NO2S/c16-14(17)10-6-7-11-12(8-10)18-13(15-11)9-4-2-1-3-5-9/h1-8H,(H,16,17)/p-1. The number of rotatable bonds is 2. The fourth-order valence-corrected chi connectivity index (χ4v) is 2.77. The molecule has 3 rings (SSSR count). The van der Waals surface area contributed by atoms with Gasteiger partial charge in [-0.3, -0.25) is 0 Å². The summed E-state index contributed by atoms with van der Waals surface area (Å²) in [6.45, 7) is 0. The third-order valence-electron chi connectivity index (χ3n) is 2.64. The minimum Gasteiger partial charge on any atom is -0.545 e. The molecule has 0 unspecified atom stereocenters.